The number of carbonyl (C=O) groups excluding carboxylic acids is 1. The first-order valence-corrected chi connectivity index (χ1v) is 10.7. The normalized spacial score (nSPS) is 14.7. The highest BCUT2D eigenvalue weighted by Gasteiger charge is 2.30. The Bertz CT molecular complexity index is 1090. The number of benzene rings is 1. The second kappa shape index (κ2) is 8.47. The number of aromatic nitrogens is 2. The van der Waals surface area contributed by atoms with E-state index in [0.717, 1.165) is 12.1 Å². The summed E-state index contributed by atoms with van der Waals surface area (Å²) < 4.78 is 38.3. The summed E-state index contributed by atoms with van der Waals surface area (Å²) in [5.74, 6) is 0.578. The number of pyridine rings is 1. The highest BCUT2D eigenvalue weighted by molar-refractivity contribution is 7.17. The zero-order valence-corrected chi connectivity index (χ0v) is 18.1. The molecule has 0 radical (unpaired) electrons. The molecule has 5 nitrogen and oxygen atoms in total. The van der Waals surface area contributed by atoms with Crippen LogP contribution in [-0.4, -0.2) is 47.0 Å². The number of nitrogens with zero attached hydrogens (tertiary/aromatic N) is 4. The van der Waals surface area contributed by atoms with Crippen molar-refractivity contribution in [2.75, 3.05) is 31.1 Å². The van der Waals surface area contributed by atoms with Crippen LogP contribution in [0.3, 0.4) is 0 Å². The Labute approximate surface area is 186 Å². The molecule has 2 aromatic heterocycles. The summed E-state index contributed by atoms with van der Waals surface area (Å²) in [5, 5.41) is 1.09. The molecule has 1 aromatic carbocycles. The summed E-state index contributed by atoms with van der Waals surface area (Å²) in [6.45, 7) is 3.97. The van der Waals surface area contributed by atoms with Crippen molar-refractivity contribution in [2.24, 2.45) is 0 Å². The van der Waals surface area contributed by atoms with Crippen LogP contribution >= 0.6 is 22.9 Å². The number of piperazine rings is 1. The number of carbonyl (C=O) groups is 1. The van der Waals surface area contributed by atoms with Crippen LogP contribution in [0, 0.1) is 6.92 Å². The van der Waals surface area contributed by atoms with Crippen molar-refractivity contribution in [3.05, 3.63) is 63.8 Å². The van der Waals surface area contributed by atoms with Gasteiger partial charge in [-0.2, -0.15) is 13.2 Å². The van der Waals surface area contributed by atoms with Crippen molar-refractivity contribution in [3.8, 4) is 10.6 Å². The van der Waals surface area contributed by atoms with E-state index in [1.54, 1.807) is 30.2 Å². The summed E-state index contributed by atoms with van der Waals surface area (Å²) in [7, 11) is 0. The summed E-state index contributed by atoms with van der Waals surface area (Å²) in [6.07, 6.45) is -2.71. The fourth-order valence-electron chi connectivity index (χ4n) is 3.40. The standard InChI is InChI=1S/C21H18ClF3N4OS/c1-13-17(31-19(27-13)14-4-6-15(7-5-14)21(23,24)25)20(30)29-11-9-28(10-12-29)18-16(22)3-2-8-26-18/h2-8H,9-12H2,1H3. The van der Waals surface area contributed by atoms with E-state index in [2.05, 4.69) is 9.97 Å². The van der Waals surface area contributed by atoms with Crippen molar-refractivity contribution in [2.45, 2.75) is 13.1 Å². The van der Waals surface area contributed by atoms with Gasteiger partial charge in [-0.15, -0.1) is 11.3 Å². The van der Waals surface area contributed by atoms with E-state index in [1.807, 2.05) is 4.90 Å². The first-order valence-electron chi connectivity index (χ1n) is 9.54. The van der Waals surface area contributed by atoms with E-state index in [0.29, 0.717) is 58.2 Å². The molecule has 1 fully saturated rings. The molecule has 1 amide bonds. The minimum absolute atomic E-state index is 0.125. The van der Waals surface area contributed by atoms with Gasteiger partial charge in [0, 0.05) is 37.9 Å². The van der Waals surface area contributed by atoms with Gasteiger partial charge in [0.1, 0.15) is 15.7 Å². The maximum atomic E-state index is 13.0. The van der Waals surface area contributed by atoms with Gasteiger partial charge in [0.15, 0.2) is 0 Å². The van der Waals surface area contributed by atoms with Crippen LogP contribution in [0.15, 0.2) is 42.6 Å². The molecule has 31 heavy (non-hydrogen) atoms. The molecule has 3 aromatic rings. The third-order valence-electron chi connectivity index (χ3n) is 5.06. The van der Waals surface area contributed by atoms with Gasteiger partial charge in [0.05, 0.1) is 16.3 Å². The van der Waals surface area contributed by atoms with Crippen LogP contribution in [0.25, 0.3) is 10.6 Å². The van der Waals surface area contributed by atoms with Crippen LogP contribution in [-0.2, 0) is 6.18 Å². The second-order valence-corrected chi connectivity index (χ2v) is 8.50. The molecule has 0 bridgehead atoms. The molecule has 3 heterocycles. The lowest BCUT2D eigenvalue weighted by molar-refractivity contribution is -0.137. The molecule has 0 aliphatic carbocycles. The number of anilines is 1. The molecule has 0 atom stereocenters. The van der Waals surface area contributed by atoms with Crippen LogP contribution in [0.1, 0.15) is 20.9 Å². The molecule has 4 rings (SSSR count). The summed E-state index contributed by atoms with van der Waals surface area (Å²) >= 11 is 7.41. The lowest BCUT2D eigenvalue weighted by Crippen LogP contribution is -2.49. The number of aryl methyl sites for hydroxylation is 1. The number of hydrogen-bond donors (Lipinski definition) is 0. The van der Waals surface area contributed by atoms with E-state index < -0.39 is 11.7 Å². The van der Waals surface area contributed by atoms with E-state index in [1.165, 1.54) is 23.5 Å². The third-order valence-corrected chi connectivity index (χ3v) is 6.54. The van der Waals surface area contributed by atoms with Crippen molar-refractivity contribution >= 4 is 34.7 Å². The number of hydrogen-bond acceptors (Lipinski definition) is 5. The molecule has 0 saturated carbocycles. The highest BCUT2D eigenvalue weighted by Crippen LogP contribution is 2.33. The van der Waals surface area contributed by atoms with Gasteiger partial charge in [-0.05, 0) is 31.2 Å². The first kappa shape index (κ1) is 21.6. The van der Waals surface area contributed by atoms with E-state index in [9.17, 15) is 18.0 Å². The minimum Gasteiger partial charge on any atom is -0.352 e. The van der Waals surface area contributed by atoms with E-state index in [-0.39, 0.29) is 5.91 Å². The summed E-state index contributed by atoms with van der Waals surface area (Å²) in [6, 6.07) is 8.36. The van der Waals surface area contributed by atoms with Gasteiger partial charge in [-0.25, -0.2) is 9.97 Å². The van der Waals surface area contributed by atoms with Gasteiger partial charge in [0.25, 0.3) is 5.91 Å². The molecular weight excluding hydrogens is 449 g/mol. The molecule has 1 saturated heterocycles. The molecule has 162 valence electrons. The number of halogens is 4. The maximum absolute atomic E-state index is 13.0. The minimum atomic E-state index is -4.39. The SMILES string of the molecule is Cc1nc(-c2ccc(C(F)(F)F)cc2)sc1C(=O)N1CCN(c2ncccc2Cl)CC1. The lowest BCUT2D eigenvalue weighted by Gasteiger charge is -2.35. The largest absolute Gasteiger partial charge is 0.416 e. The van der Waals surface area contributed by atoms with Crippen molar-refractivity contribution in [1.29, 1.82) is 0 Å². The molecule has 1 aliphatic heterocycles. The van der Waals surface area contributed by atoms with Gasteiger partial charge in [0.2, 0.25) is 0 Å². The molecule has 0 unspecified atom stereocenters. The zero-order valence-electron chi connectivity index (χ0n) is 16.5. The van der Waals surface area contributed by atoms with Crippen molar-refractivity contribution in [3.63, 3.8) is 0 Å². The number of thiazole rings is 1. The van der Waals surface area contributed by atoms with Gasteiger partial charge in [-0.3, -0.25) is 4.79 Å². The lowest BCUT2D eigenvalue weighted by atomic mass is 10.1. The molecule has 0 N–H and O–H groups in total. The average molecular weight is 467 g/mol. The van der Waals surface area contributed by atoms with Gasteiger partial charge < -0.3 is 9.80 Å². The smallest absolute Gasteiger partial charge is 0.352 e. The van der Waals surface area contributed by atoms with Crippen LogP contribution in [0.2, 0.25) is 5.02 Å². The number of rotatable bonds is 3. The Morgan fingerprint density at radius 1 is 1.10 bits per heavy atom. The van der Waals surface area contributed by atoms with E-state index >= 15 is 0 Å². The fraction of sp³-hybridized carbons (Fsp3) is 0.286. The Morgan fingerprint density at radius 3 is 2.39 bits per heavy atom. The Morgan fingerprint density at radius 2 is 1.77 bits per heavy atom. The van der Waals surface area contributed by atoms with E-state index in [4.69, 9.17) is 11.6 Å². The molecule has 10 heteroatoms. The summed E-state index contributed by atoms with van der Waals surface area (Å²) in [5.41, 5.74) is 0.404. The fourth-order valence-corrected chi connectivity index (χ4v) is 4.68. The zero-order chi connectivity index (χ0) is 22.2. The van der Waals surface area contributed by atoms with Crippen molar-refractivity contribution in [1.82, 2.24) is 14.9 Å². The van der Waals surface area contributed by atoms with Gasteiger partial charge >= 0.3 is 6.18 Å². The average Bonchev–Trinajstić information content (AvgIpc) is 3.15. The monoisotopic (exact) mass is 466 g/mol. The first-order chi connectivity index (χ1) is 14.7. The van der Waals surface area contributed by atoms with Crippen LogP contribution in [0.4, 0.5) is 19.0 Å². The topological polar surface area (TPSA) is 49.3 Å². The van der Waals surface area contributed by atoms with Crippen LogP contribution in [0.5, 0.6) is 0 Å². The third kappa shape index (κ3) is 4.52. The predicted octanol–water partition coefficient (Wildman–Crippen LogP) is 5.15. The Balaban J connectivity index is 1.47. The number of amides is 1. The predicted molar refractivity (Wildman–Crippen MR) is 115 cm³/mol. The molecule has 1 aliphatic rings. The Hall–Kier alpha value is -2.65. The molecule has 0 spiro atoms. The maximum Gasteiger partial charge on any atom is 0.416 e. The number of alkyl halides is 3. The van der Waals surface area contributed by atoms with Gasteiger partial charge in [-0.1, -0.05) is 23.7 Å². The highest BCUT2D eigenvalue weighted by atomic mass is 35.5. The van der Waals surface area contributed by atoms with Crippen molar-refractivity contribution < 1.29 is 18.0 Å². The molecular formula is C21H18ClF3N4OS. The van der Waals surface area contributed by atoms with Crippen LogP contribution < -0.4 is 4.90 Å². The summed E-state index contributed by atoms with van der Waals surface area (Å²) in [4.78, 5) is 26.1. The second-order valence-electron chi connectivity index (χ2n) is 7.10. The quantitative estimate of drug-likeness (QED) is 0.535. The Kier molecular flexibility index (Phi) is 5.90.